The molecule has 0 radical (unpaired) electrons. The second-order valence-electron chi connectivity index (χ2n) is 5.01. The first-order valence-electron chi connectivity index (χ1n) is 6.25. The number of ether oxygens (including phenoxy) is 1. The molecule has 1 aromatic rings. The zero-order valence-electron chi connectivity index (χ0n) is 11.5. The van der Waals surface area contributed by atoms with Crippen molar-refractivity contribution in [1.29, 1.82) is 0 Å². The fraction of sp³-hybridized carbons (Fsp3) is 0.571. The van der Waals surface area contributed by atoms with E-state index in [4.69, 9.17) is 16.3 Å². The van der Waals surface area contributed by atoms with Gasteiger partial charge in [-0.15, -0.1) is 0 Å². The summed E-state index contributed by atoms with van der Waals surface area (Å²) in [4.78, 5) is 0. The van der Waals surface area contributed by atoms with Gasteiger partial charge in [0, 0.05) is 37.7 Å². The Morgan fingerprint density at radius 1 is 1.53 bits per heavy atom. The highest BCUT2D eigenvalue weighted by Gasteiger charge is 2.21. The highest BCUT2D eigenvalue weighted by atomic mass is 35.5. The van der Waals surface area contributed by atoms with Crippen LogP contribution in [-0.2, 0) is 4.74 Å². The van der Waals surface area contributed by atoms with Gasteiger partial charge in [-0.3, -0.25) is 0 Å². The van der Waals surface area contributed by atoms with Crippen molar-refractivity contribution in [1.82, 2.24) is 5.32 Å². The summed E-state index contributed by atoms with van der Waals surface area (Å²) in [7, 11) is 1.60. The van der Waals surface area contributed by atoms with E-state index in [1.54, 1.807) is 20.1 Å². The maximum Gasteiger partial charge on any atom is 0.124 e. The van der Waals surface area contributed by atoms with E-state index in [1.807, 2.05) is 6.92 Å². The minimum Gasteiger partial charge on any atom is -0.389 e. The van der Waals surface area contributed by atoms with Crippen LogP contribution >= 0.6 is 11.6 Å². The molecule has 0 saturated carbocycles. The van der Waals surface area contributed by atoms with Gasteiger partial charge in [-0.1, -0.05) is 17.7 Å². The average molecular weight is 290 g/mol. The molecule has 108 valence electrons. The monoisotopic (exact) mass is 289 g/mol. The molecule has 0 spiro atoms. The molecule has 19 heavy (non-hydrogen) atoms. The third-order valence-corrected chi connectivity index (χ3v) is 3.39. The first-order valence-corrected chi connectivity index (χ1v) is 6.63. The SMILES string of the molecule is COCCC(C)(O)CNC(C)c1ccc(F)cc1Cl. The molecule has 1 aromatic carbocycles. The van der Waals surface area contributed by atoms with Crippen LogP contribution in [0.2, 0.25) is 5.02 Å². The van der Waals surface area contributed by atoms with Crippen LogP contribution in [0.5, 0.6) is 0 Å². The molecule has 0 saturated heterocycles. The molecule has 0 aliphatic carbocycles. The van der Waals surface area contributed by atoms with Crippen molar-refractivity contribution in [3.05, 3.63) is 34.6 Å². The maximum absolute atomic E-state index is 13.0. The number of nitrogens with one attached hydrogen (secondary N) is 1. The second kappa shape index (κ2) is 7.20. The van der Waals surface area contributed by atoms with Gasteiger partial charge in [0.25, 0.3) is 0 Å². The van der Waals surface area contributed by atoms with Crippen LogP contribution in [-0.4, -0.2) is 31.0 Å². The molecular formula is C14H21ClFNO2. The molecule has 2 unspecified atom stereocenters. The van der Waals surface area contributed by atoms with Gasteiger partial charge in [-0.2, -0.15) is 0 Å². The third-order valence-electron chi connectivity index (χ3n) is 3.06. The number of hydrogen-bond acceptors (Lipinski definition) is 3. The molecule has 0 heterocycles. The predicted octanol–water partition coefficient (Wildman–Crippen LogP) is 2.92. The highest BCUT2D eigenvalue weighted by molar-refractivity contribution is 6.31. The van der Waals surface area contributed by atoms with E-state index in [0.29, 0.717) is 24.6 Å². The first-order chi connectivity index (χ1) is 8.85. The lowest BCUT2D eigenvalue weighted by molar-refractivity contribution is 0.0231. The van der Waals surface area contributed by atoms with Crippen molar-refractivity contribution in [2.24, 2.45) is 0 Å². The van der Waals surface area contributed by atoms with Gasteiger partial charge in [-0.05, 0) is 31.5 Å². The fourth-order valence-electron chi connectivity index (χ4n) is 1.75. The Hall–Kier alpha value is -0.680. The van der Waals surface area contributed by atoms with Gasteiger partial charge in [0.05, 0.1) is 5.60 Å². The summed E-state index contributed by atoms with van der Waals surface area (Å²) >= 11 is 6.00. The predicted molar refractivity (Wildman–Crippen MR) is 74.9 cm³/mol. The molecular weight excluding hydrogens is 269 g/mol. The van der Waals surface area contributed by atoms with E-state index in [9.17, 15) is 9.50 Å². The van der Waals surface area contributed by atoms with E-state index >= 15 is 0 Å². The van der Waals surface area contributed by atoms with Crippen molar-refractivity contribution in [2.45, 2.75) is 31.9 Å². The van der Waals surface area contributed by atoms with E-state index in [1.165, 1.54) is 12.1 Å². The van der Waals surface area contributed by atoms with E-state index in [0.717, 1.165) is 5.56 Å². The molecule has 0 bridgehead atoms. The van der Waals surface area contributed by atoms with E-state index < -0.39 is 5.60 Å². The summed E-state index contributed by atoms with van der Waals surface area (Å²) in [5, 5.41) is 13.7. The van der Waals surface area contributed by atoms with Crippen LogP contribution in [0.25, 0.3) is 0 Å². The third kappa shape index (κ3) is 5.45. The number of halogens is 2. The molecule has 2 atom stereocenters. The van der Waals surface area contributed by atoms with Crippen molar-refractivity contribution < 1.29 is 14.2 Å². The molecule has 0 amide bonds. The van der Waals surface area contributed by atoms with Crippen molar-refractivity contribution in [3.63, 3.8) is 0 Å². The Labute approximate surface area is 118 Å². The molecule has 2 N–H and O–H groups in total. The molecule has 1 rings (SSSR count). The molecule has 5 heteroatoms. The molecule has 0 aromatic heterocycles. The van der Waals surface area contributed by atoms with Crippen LogP contribution < -0.4 is 5.32 Å². The summed E-state index contributed by atoms with van der Waals surface area (Å²) in [6, 6.07) is 4.25. The summed E-state index contributed by atoms with van der Waals surface area (Å²) in [6.07, 6.45) is 0.542. The quantitative estimate of drug-likeness (QED) is 0.811. The van der Waals surface area contributed by atoms with Gasteiger partial charge < -0.3 is 15.2 Å². The minimum atomic E-state index is -0.850. The zero-order valence-corrected chi connectivity index (χ0v) is 12.3. The van der Waals surface area contributed by atoms with E-state index in [2.05, 4.69) is 5.32 Å². The Bertz CT molecular complexity index is 412. The maximum atomic E-state index is 13.0. The van der Waals surface area contributed by atoms with E-state index in [-0.39, 0.29) is 11.9 Å². The Morgan fingerprint density at radius 2 is 2.21 bits per heavy atom. The lowest BCUT2D eigenvalue weighted by atomic mass is 10.0. The molecule has 3 nitrogen and oxygen atoms in total. The molecule has 0 aliphatic rings. The smallest absolute Gasteiger partial charge is 0.124 e. The highest BCUT2D eigenvalue weighted by Crippen LogP contribution is 2.24. The van der Waals surface area contributed by atoms with Gasteiger partial charge in [0.15, 0.2) is 0 Å². The summed E-state index contributed by atoms with van der Waals surface area (Å²) in [5.41, 5.74) is -0.0397. The normalized spacial score (nSPS) is 16.1. The van der Waals surface area contributed by atoms with Crippen molar-refractivity contribution >= 4 is 11.6 Å². The molecule has 0 aliphatic heterocycles. The van der Waals surface area contributed by atoms with Crippen LogP contribution in [0.4, 0.5) is 4.39 Å². The first kappa shape index (κ1) is 16.4. The number of hydrogen-bond donors (Lipinski definition) is 2. The Kier molecular flexibility index (Phi) is 6.20. The van der Waals surface area contributed by atoms with Gasteiger partial charge in [0.2, 0.25) is 0 Å². The largest absolute Gasteiger partial charge is 0.389 e. The minimum absolute atomic E-state index is 0.0675. The summed E-state index contributed by atoms with van der Waals surface area (Å²) in [5.74, 6) is -0.354. The Morgan fingerprint density at radius 3 is 2.79 bits per heavy atom. The van der Waals surface area contributed by atoms with Gasteiger partial charge in [0.1, 0.15) is 5.82 Å². The number of rotatable bonds is 7. The zero-order chi connectivity index (χ0) is 14.5. The fourth-order valence-corrected chi connectivity index (χ4v) is 2.08. The number of methoxy groups -OCH3 is 1. The number of benzene rings is 1. The topological polar surface area (TPSA) is 41.5 Å². The average Bonchev–Trinajstić information content (AvgIpc) is 2.34. The Balaban J connectivity index is 2.57. The standard InChI is InChI=1S/C14H21ClFNO2/c1-10(12-5-4-11(16)8-13(12)15)17-9-14(2,18)6-7-19-3/h4-5,8,10,17-18H,6-7,9H2,1-3H3. The lowest BCUT2D eigenvalue weighted by Gasteiger charge is -2.26. The van der Waals surface area contributed by atoms with Gasteiger partial charge in [-0.25, -0.2) is 4.39 Å². The summed E-state index contributed by atoms with van der Waals surface area (Å²) in [6.45, 7) is 4.58. The van der Waals surface area contributed by atoms with Crippen LogP contribution in [0, 0.1) is 5.82 Å². The lowest BCUT2D eigenvalue weighted by Crippen LogP contribution is -2.39. The van der Waals surface area contributed by atoms with Crippen molar-refractivity contribution in [3.8, 4) is 0 Å². The molecule has 0 fully saturated rings. The van der Waals surface area contributed by atoms with Crippen LogP contribution in [0.15, 0.2) is 18.2 Å². The van der Waals surface area contributed by atoms with Crippen LogP contribution in [0.1, 0.15) is 31.9 Å². The second-order valence-corrected chi connectivity index (χ2v) is 5.42. The van der Waals surface area contributed by atoms with Crippen molar-refractivity contribution in [2.75, 3.05) is 20.3 Å². The number of aliphatic hydroxyl groups is 1. The van der Waals surface area contributed by atoms with Crippen LogP contribution in [0.3, 0.4) is 0 Å². The summed E-state index contributed by atoms with van der Waals surface area (Å²) < 4.78 is 17.9. The van der Waals surface area contributed by atoms with Gasteiger partial charge >= 0.3 is 0 Å².